The van der Waals surface area contributed by atoms with E-state index < -0.39 is 0 Å². The van der Waals surface area contributed by atoms with Gasteiger partial charge in [-0.25, -0.2) is 0 Å². The van der Waals surface area contributed by atoms with Crippen LogP contribution in [0.25, 0.3) is 6.08 Å². The molecule has 1 atom stereocenters. The van der Waals surface area contributed by atoms with Gasteiger partial charge >= 0.3 is 0 Å². The van der Waals surface area contributed by atoms with Gasteiger partial charge in [-0.15, -0.1) is 22.7 Å². The Morgan fingerprint density at radius 2 is 2.35 bits per heavy atom. The molecule has 122 valence electrons. The van der Waals surface area contributed by atoms with E-state index in [-0.39, 0.29) is 12.0 Å². The summed E-state index contributed by atoms with van der Waals surface area (Å²) in [6.07, 6.45) is 5.85. The molecular formula is C17H18BrNO2S2. The van der Waals surface area contributed by atoms with Crippen LogP contribution in [0.2, 0.25) is 0 Å². The minimum atomic E-state index is 0.0402. The number of thiophene rings is 2. The van der Waals surface area contributed by atoms with E-state index in [1.54, 1.807) is 28.7 Å². The molecule has 23 heavy (non-hydrogen) atoms. The van der Waals surface area contributed by atoms with Crippen molar-refractivity contribution in [3.05, 3.63) is 49.3 Å². The quantitative estimate of drug-likeness (QED) is 0.639. The summed E-state index contributed by atoms with van der Waals surface area (Å²) < 4.78 is 6.77. The molecule has 0 bridgehead atoms. The zero-order valence-electron chi connectivity index (χ0n) is 12.6. The van der Waals surface area contributed by atoms with Gasteiger partial charge in [0.15, 0.2) is 0 Å². The van der Waals surface area contributed by atoms with Gasteiger partial charge < -0.3 is 9.64 Å². The summed E-state index contributed by atoms with van der Waals surface area (Å²) in [5, 5.41) is 2.04. The minimum absolute atomic E-state index is 0.0402. The SMILES string of the molecule is O=C(/C=C\c1ccc(Br)s1)N(Cc1cccs1)CC1CCCO1. The first kappa shape index (κ1) is 16.9. The van der Waals surface area contributed by atoms with E-state index in [4.69, 9.17) is 4.74 Å². The van der Waals surface area contributed by atoms with E-state index in [1.165, 1.54) is 4.88 Å². The van der Waals surface area contributed by atoms with Crippen LogP contribution in [0, 0.1) is 0 Å². The number of hydrogen-bond acceptors (Lipinski definition) is 4. The fourth-order valence-electron chi connectivity index (χ4n) is 2.53. The first-order valence-corrected chi connectivity index (χ1v) is 10.1. The second kappa shape index (κ2) is 8.24. The average Bonchev–Trinajstić information content (AvgIpc) is 3.27. The molecule has 0 saturated carbocycles. The van der Waals surface area contributed by atoms with Crippen molar-refractivity contribution in [1.82, 2.24) is 4.90 Å². The second-order valence-electron chi connectivity index (χ2n) is 5.41. The summed E-state index contributed by atoms with van der Waals surface area (Å²) in [6.45, 7) is 2.12. The zero-order chi connectivity index (χ0) is 16.1. The third-order valence-electron chi connectivity index (χ3n) is 3.67. The molecule has 0 N–H and O–H groups in total. The summed E-state index contributed by atoms with van der Waals surface area (Å²) in [6, 6.07) is 8.08. The lowest BCUT2D eigenvalue weighted by molar-refractivity contribution is -0.128. The van der Waals surface area contributed by atoms with Crippen molar-refractivity contribution in [2.45, 2.75) is 25.5 Å². The highest BCUT2D eigenvalue weighted by atomic mass is 79.9. The molecule has 1 amide bonds. The summed E-state index contributed by atoms with van der Waals surface area (Å²) in [5.74, 6) is 0.0402. The molecule has 6 heteroatoms. The Morgan fingerprint density at radius 1 is 1.43 bits per heavy atom. The van der Waals surface area contributed by atoms with Gasteiger partial charge in [0, 0.05) is 29.0 Å². The highest BCUT2D eigenvalue weighted by Gasteiger charge is 2.22. The molecule has 2 aromatic rings. The summed E-state index contributed by atoms with van der Waals surface area (Å²) in [5.41, 5.74) is 0. The summed E-state index contributed by atoms with van der Waals surface area (Å²) in [7, 11) is 0. The van der Waals surface area contributed by atoms with Gasteiger partial charge in [-0.05, 0) is 58.4 Å². The van der Waals surface area contributed by atoms with Gasteiger partial charge in [0.05, 0.1) is 16.4 Å². The third-order valence-corrected chi connectivity index (χ3v) is 6.12. The molecule has 3 rings (SSSR count). The largest absolute Gasteiger partial charge is 0.376 e. The van der Waals surface area contributed by atoms with Gasteiger partial charge in [-0.3, -0.25) is 4.79 Å². The normalized spacial score (nSPS) is 17.9. The Bertz CT molecular complexity index is 660. The first-order chi connectivity index (χ1) is 11.2. The molecule has 0 spiro atoms. The number of hydrogen-bond donors (Lipinski definition) is 0. The van der Waals surface area contributed by atoms with Crippen molar-refractivity contribution in [1.29, 1.82) is 0 Å². The molecule has 1 saturated heterocycles. The number of amides is 1. The second-order valence-corrected chi connectivity index (χ2v) is 8.94. The Balaban J connectivity index is 1.67. The number of carbonyl (C=O) groups is 1. The van der Waals surface area contributed by atoms with Crippen LogP contribution in [-0.4, -0.2) is 30.1 Å². The summed E-state index contributed by atoms with van der Waals surface area (Å²) in [4.78, 5) is 16.8. The monoisotopic (exact) mass is 411 g/mol. The van der Waals surface area contributed by atoms with E-state index in [0.29, 0.717) is 13.1 Å². The highest BCUT2D eigenvalue weighted by molar-refractivity contribution is 9.11. The van der Waals surface area contributed by atoms with Gasteiger partial charge in [-0.2, -0.15) is 0 Å². The van der Waals surface area contributed by atoms with Crippen molar-refractivity contribution in [2.75, 3.05) is 13.2 Å². The van der Waals surface area contributed by atoms with Gasteiger partial charge in [-0.1, -0.05) is 6.07 Å². The fraction of sp³-hybridized carbons (Fsp3) is 0.353. The maximum atomic E-state index is 12.6. The molecule has 3 nitrogen and oxygen atoms in total. The van der Waals surface area contributed by atoms with Crippen LogP contribution < -0.4 is 0 Å². The van der Waals surface area contributed by atoms with E-state index >= 15 is 0 Å². The minimum Gasteiger partial charge on any atom is -0.376 e. The third kappa shape index (κ3) is 5.01. The number of ether oxygens (including phenoxy) is 1. The predicted molar refractivity (Wildman–Crippen MR) is 99.8 cm³/mol. The van der Waals surface area contributed by atoms with Gasteiger partial charge in [0.25, 0.3) is 0 Å². The van der Waals surface area contributed by atoms with Crippen LogP contribution in [0.1, 0.15) is 22.6 Å². The lowest BCUT2D eigenvalue weighted by Gasteiger charge is -2.23. The molecular weight excluding hydrogens is 394 g/mol. The van der Waals surface area contributed by atoms with Crippen molar-refractivity contribution in [2.24, 2.45) is 0 Å². The zero-order valence-corrected chi connectivity index (χ0v) is 15.8. The highest BCUT2D eigenvalue weighted by Crippen LogP contribution is 2.23. The first-order valence-electron chi connectivity index (χ1n) is 7.57. The smallest absolute Gasteiger partial charge is 0.247 e. The predicted octanol–water partition coefficient (Wildman–Crippen LogP) is 4.79. The lowest BCUT2D eigenvalue weighted by Crippen LogP contribution is -2.35. The molecule has 0 aromatic carbocycles. The number of carbonyl (C=O) groups excluding carboxylic acids is 1. The summed E-state index contributed by atoms with van der Waals surface area (Å²) >= 11 is 6.74. The van der Waals surface area contributed by atoms with E-state index in [0.717, 1.165) is 28.1 Å². The molecule has 3 heterocycles. The Kier molecular flexibility index (Phi) is 6.05. The number of rotatable bonds is 6. The van der Waals surface area contributed by atoms with E-state index in [2.05, 4.69) is 22.0 Å². The fourth-order valence-corrected chi connectivity index (χ4v) is 4.58. The van der Waals surface area contributed by atoms with E-state index in [9.17, 15) is 4.79 Å². The van der Waals surface area contributed by atoms with Crippen LogP contribution >= 0.6 is 38.6 Å². The molecule has 1 fully saturated rings. The maximum absolute atomic E-state index is 12.6. The van der Waals surface area contributed by atoms with Crippen LogP contribution in [0.5, 0.6) is 0 Å². The van der Waals surface area contributed by atoms with Crippen molar-refractivity contribution in [3.63, 3.8) is 0 Å². The number of nitrogens with zero attached hydrogens (tertiary/aromatic N) is 1. The van der Waals surface area contributed by atoms with Crippen molar-refractivity contribution < 1.29 is 9.53 Å². The van der Waals surface area contributed by atoms with E-state index in [1.807, 2.05) is 34.6 Å². The molecule has 1 aliphatic rings. The maximum Gasteiger partial charge on any atom is 0.247 e. The van der Waals surface area contributed by atoms with Crippen LogP contribution in [0.3, 0.4) is 0 Å². The topological polar surface area (TPSA) is 29.5 Å². The van der Waals surface area contributed by atoms with Crippen molar-refractivity contribution >= 4 is 50.6 Å². The number of halogens is 1. The average molecular weight is 412 g/mol. The Labute approximate surface area is 152 Å². The molecule has 2 aromatic heterocycles. The van der Waals surface area contributed by atoms with Crippen molar-refractivity contribution in [3.8, 4) is 0 Å². The molecule has 1 aliphatic heterocycles. The lowest BCUT2D eigenvalue weighted by atomic mass is 10.2. The Hall–Kier alpha value is -0.950. The van der Waals surface area contributed by atoms with Crippen LogP contribution in [0.15, 0.2) is 39.5 Å². The Morgan fingerprint density at radius 3 is 3.00 bits per heavy atom. The van der Waals surface area contributed by atoms with Crippen LogP contribution in [-0.2, 0) is 16.1 Å². The molecule has 1 unspecified atom stereocenters. The standard InChI is InChI=1S/C17H18BrNO2S2/c18-16-7-5-14(23-16)6-8-17(20)19(11-13-3-1-9-21-13)12-15-4-2-10-22-15/h2,4-8,10,13H,1,3,9,11-12H2/b8-6-. The van der Waals surface area contributed by atoms with Gasteiger partial charge in [0.1, 0.15) is 0 Å². The molecule has 0 aliphatic carbocycles. The van der Waals surface area contributed by atoms with Crippen LogP contribution in [0.4, 0.5) is 0 Å². The molecule has 0 radical (unpaired) electrons. The van der Waals surface area contributed by atoms with Gasteiger partial charge in [0.2, 0.25) is 5.91 Å².